The van der Waals surface area contributed by atoms with Crippen molar-refractivity contribution in [2.24, 2.45) is 5.73 Å². The van der Waals surface area contributed by atoms with Crippen LogP contribution in [0.15, 0.2) is 18.2 Å². The zero-order valence-electron chi connectivity index (χ0n) is 15.1. The van der Waals surface area contributed by atoms with E-state index in [1.807, 2.05) is 45.0 Å². The number of anilines is 1. The third-order valence-electron chi connectivity index (χ3n) is 3.06. The smallest absolute Gasteiger partial charge is 0.328 e. The summed E-state index contributed by atoms with van der Waals surface area (Å²) in [5, 5.41) is 10.8. The quantitative estimate of drug-likeness (QED) is 0.642. The van der Waals surface area contributed by atoms with Gasteiger partial charge in [-0.3, -0.25) is 4.79 Å². The van der Waals surface area contributed by atoms with Crippen LogP contribution < -0.4 is 11.1 Å². The fourth-order valence-corrected chi connectivity index (χ4v) is 1.72. The summed E-state index contributed by atoms with van der Waals surface area (Å²) in [6, 6.07) is 5.77. The number of hydrogen-bond donors (Lipinski definition) is 3. The molecule has 0 saturated carbocycles. The van der Waals surface area contributed by atoms with E-state index in [0.29, 0.717) is 6.61 Å². The molecule has 1 rings (SSSR count). The molecule has 7 heteroatoms. The van der Waals surface area contributed by atoms with E-state index in [2.05, 4.69) is 24.0 Å². The maximum atomic E-state index is 11.8. The summed E-state index contributed by atoms with van der Waals surface area (Å²) in [7, 11) is 3.90. The van der Waals surface area contributed by atoms with Gasteiger partial charge in [0.2, 0.25) is 0 Å². The summed E-state index contributed by atoms with van der Waals surface area (Å²) in [6.45, 7) is 6.78. The zero-order valence-corrected chi connectivity index (χ0v) is 15.1. The number of aryl methyl sites for hydroxylation is 2. The topological polar surface area (TPSA) is 105 Å². The number of rotatable bonds is 7. The lowest BCUT2D eigenvalue weighted by atomic mass is 10.1. The van der Waals surface area contributed by atoms with Gasteiger partial charge in [0.05, 0.1) is 6.54 Å². The zero-order chi connectivity index (χ0) is 18.7. The summed E-state index contributed by atoms with van der Waals surface area (Å²) in [5.41, 5.74) is 7.89. The Morgan fingerprint density at radius 2 is 1.92 bits per heavy atom. The van der Waals surface area contributed by atoms with E-state index in [1.165, 1.54) is 5.56 Å². The van der Waals surface area contributed by atoms with Crippen molar-refractivity contribution in [2.45, 2.75) is 26.8 Å². The van der Waals surface area contributed by atoms with Gasteiger partial charge in [-0.25, -0.2) is 4.79 Å². The van der Waals surface area contributed by atoms with Gasteiger partial charge in [-0.15, -0.1) is 0 Å². The molecule has 0 bridgehead atoms. The highest BCUT2D eigenvalue weighted by Crippen LogP contribution is 2.17. The maximum absolute atomic E-state index is 11.8. The first kappa shape index (κ1) is 21.9. The Balaban J connectivity index is 0.000000922. The molecule has 136 valence electrons. The van der Waals surface area contributed by atoms with E-state index in [1.54, 1.807) is 0 Å². The largest absolute Gasteiger partial charge is 0.480 e. The minimum atomic E-state index is -0.968. The van der Waals surface area contributed by atoms with E-state index in [-0.39, 0.29) is 18.6 Å². The maximum Gasteiger partial charge on any atom is 0.328 e. The molecule has 0 aliphatic carbocycles. The van der Waals surface area contributed by atoms with Crippen LogP contribution in [0.2, 0.25) is 0 Å². The molecular weight excluding hydrogens is 310 g/mol. The van der Waals surface area contributed by atoms with Crippen LogP contribution in [0.25, 0.3) is 0 Å². The van der Waals surface area contributed by atoms with Crippen LogP contribution in [-0.2, 0) is 14.3 Å². The summed E-state index contributed by atoms with van der Waals surface area (Å²) in [6.07, 6.45) is 0. The number of esters is 1. The molecule has 7 nitrogen and oxygen atoms in total. The number of nitrogens with two attached hydrogens (primary N) is 1. The van der Waals surface area contributed by atoms with Gasteiger partial charge >= 0.3 is 11.9 Å². The number of benzene rings is 1. The molecule has 0 heterocycles. The van der Waals surface area contributed by atoms with Crippen molar-refractivity contribution in [3.63, 3.8) is 0 Å². The molecule has 1 aromatic carbocycles. The highest BCUT2D eigenvalue weighted by Gasteiger charge is 2.14. The fourth-order valence-electron chi connectivity index (χ4n) is 1.72. The van der Waals surface area contributed by atoms with Crippen LogP contribution in [0.1, 0.15) is 18.1 Å². The lowest BCUT2D eigenvalue weighted by Gasteiger charge is -2.17. The molecule has 0 unspecified atom stereocenters. The molecular formula is C17H29N3O4. The number of likely N-dealkylation sites (N-methyl/N-ethyl adjacent to an activating group) is 1. The third kappa shape index (κ3) is 9.81. The van der Waals surface area contributed by atoms with Crippen molar-refractivity contribution in [3.05, 3.63) is 29.3 Å². The number of carboxylic acids is 1. The van der Waals surface area contributed by atoms with Gasteiger partial charge in [-0.05, 0) is 46.5 Å². The number of hydrogen-bond acceptors (Lipinski definition) is 6. The second-order valence-corrected chi connectivity index (χ2v) is 5.75. The van der Waals surface area contributed by atoms with E-state index in [4.69, 9.17) is 9.84 Å². The van der Waals surface area contributed by atoms with Crippen LogP contribution in [0, 0.1) is 13.8 Å². The van der Waals surface area contributed by atoms with Crippen molar-refractivity contribution >= 4 is 17.6 Å². The Kier molecular flexibility index (Phi) is 10.4. The van der Waals surface area contributed by atoms with Crippen molar-refractivity contribution in [1.29, 1.82) is 0 Å². The molecule has 0 amide bonds. The minimum absolute atomic E-state index is 0.221. The molecule has 4 N–H and O–H groups in total. The number of aliphatic carboxylic acids is 1. The van der Waals surface area contributed by atoms with E-state index in [0.717, 1.165) is 17.8 Å². The van der Waals surface area contributed by atoms with Gasteiger partial charge in [0.25, 0.3) is 0 Å². The summed E-state index contributed by atoms with van der Waals surface area (Å²) in [4.78, 5) is 23.0. The van der Waals surface area contributed by atoms with Crippen molar-refractivity contribution < 1.29 is 19.4 Å². The third-order valence-corrected chi connectivity index (χ3v) is 3.06. The number of nitrogens with one attached hydrogen (secondary N) is 1. The predicted molar refractivity (Wildman–Crippen MR) is 95.2 cm³/mol. The van der Waals surface area contributed by atoms with Crippen LogP contribution in [-0.4, -0.2) is 61.8 Å². The van der Waals surface area contributed by atoms with Crippen LogP contribution in [0.4, 0.5) is 5.69 Å². The average molecular weight is 339 g/mol. The molecule has 0 aliphatic heterocycles. The molecule has 0 aromatic heterocycles. The van der Waals surface area contributed by atoms with Crippen molar-refractivity contribution in [2.75, 3.05) is 39.1 Å². The van der Waals surface area contributed by atoms with Crippen molar-refractivity contribution in [1.82, 2.24) is 4.90 Å². The molecule has 0 radical (unpaired) electrons. The van der Waals surface area contributed by atoms with Gasteiger partial charge in [0, 0.05) is 12.2 Å². The molecule has 0 aliphatic rings. The summed E-state index contributed by atoms with van der Waals surface area (Å²) >= 11 is 0. The number of ether oxygens (including phenoxy) is 1. The normalized spacial score (nSPS) is 11.3. The first-order valence-corrected chi connectivity index (χ1v) is 7.74. The first-order valence-electron chi connectivity index (χ1n) is 7.74. The monoisotopic (exact) mass is 339 g/mol. The van der Waals surface area contributed by atoms with Gasteiger partial charge in [-0.1, -0.05) is 17.7 Å². The fraction of sp³-hybridized carbons (Fsp3) is 0.529. The SMILES string of the molecule is Cc1ccc(N[C@@H](C)C(=O)OCCN(C)C)c(C)c1.NCC(=O)O. The van der Waals surface area contributed by atoms with Crippen LogP contribution in [0.3, 0.4) is 0 Å². The molecule has 0 fully saturated rings. The highest BCUT2D eigenvalue weighted by molar-refractivity contribution is 5.79. The second-order valence-electron chi connectivity index (χ2n) is 5.75. The van der Waals surface area contributed by atoms with Gasteiger partial charge < -0.3 is 25.8 Å². The molecule has 24 heavy (non-hydrogen) atoms. The number of nitrogens with zero attached hydrogens (tertiary/aromatic N) is 1. The van der Waals surface area contributed by atoms with Gasteiger partial charge in [0.15, 0.2) is 0 Å². The number of carbonyl (C=O) groups is 2. The number of carboxylic acid groups (broad SMARTS) is 1. The van der Waals surface area contributed by atoms with Gasteiger partial charge in [0.1, 0.15) is 12.6 Å². The molecule has 0 saturated heterocycles. The molecule has 1 aromatic rings. The molecule has 1 atom stereocenters. The van der Waals surface area contributed by atoms with E-state index < -0.39 is 5.97 Å². The van der Waals surface area contributed by atoms with Crippen LogP contribution >= 0.6 is 0 Å². The minimum Gasteiger partial charge on any atom is -0.480 e. The van der Waals surface area contributed by atoms with Crippen LogP contribution in [0.5, 0.6) is 0 Å². The average Bonchev–Trinajstić information content (AvgIpc) is 2.50. The summed E-state index contributed by atoms with van der Waals surface area (Å²) in [5.74, 6) is -1.19. The Hall–Kier alpha value is -2.12. The summed E-state index contributed by atoms with van der Waals surface area (Å²) < 4.78 is 5.21. The highest BCUT2D eigenvalue weighted by atomic mass is 16.5. The van der Waals surface area contributed by atoms with Crippen molar-refractivity contribution in [3.8, 4) is 0 Å². The Morgan fingerprint density at radius 3 is 2.38 bits per heavy atom. The lowest BCUT2D eigenvalue weighted by molar-refractivity contribution is -0.144. The van der Waals surface area contributed by atoms with Gasteiger partial charge in [-0.2, -0.15) is 0 Å². The predicted octanol–water partition coefficient (Wildman–Crippen LogP) is 1.24. The number of carbonyl (C=O) groups excluding carboxylic acids is 1. The lowest BCUT2D eigenvalue weighted by Crippen LogP contribution is -2.30. The second kappa shape index (κ2) is 11.4. The van der Waals surface area contributed by atoms with E-state index >= 15 is 0 Å². The Morgan fingerprint density at radius 1 is 1.33 bits per heavy atom. The first-order chi connectivity index (χ1) is 11.2. The van der Waals surface area contributed by atoms with E-state index in [9.17, 15) is 9.59 Å². The standard InChI is InChI=1S/C15H24N2O2.C2H5NO2/c1-11-6-7-14(12(2)10-11)16-13(3)15(18)19-9-8-17(4)5;3-1-2(4)5/h6-7,10,13,16H,8-9H2,1-5H3;1,3H2,(H,4,5)/t13-;/m0./s1. The molecule has 0 spiro atoms. The Bertz CT molecular complexity index is 533. The Labute approximate surface area is 143 Å².